The lowest BCUT2D eigenvalue weighted by Crippen LogP contribution is -2.28. The molecule has 1 aromatic heterocycles. The highest BCUT2D eigenvalue weighted by Crippen LogP contribution is 2.45. The van der Waals surface area contributed by atoms with Crippen molar-refractivity contribution in [2.45, 2.75) is 51.1 Å². The molecule has 4 nitrogen and oxygen atoms in total. The largest absolute Gasteiger partial charge is 0.312 e. The predicted molar refractivity (Wildman–Crippen MR) is 86.5 cm³/mol. The van der Waals surface area contributed by atoms with E-state index in [0.717, 1.165) is 24.3 Å². The summed E-state index contributed by atoms with van der Waals surface area (Å²) in [7, 11) is -3.42. The van der Waals surface area contributed by atoms with Crippen molar-refractivity contribution >= 4 is 37.3 Å². The lowest BCUT2D eigenvalue weighted by Gasteiger charge is -2.07. The lowest BCUT2D eigenvalue weighted by atomic mass is 10.2. The molecule has 0 spiro atoms. The Hall–Kier alpha value is 0.0500. The van der Waals surface area contributed by atoms with Crippen molar-refractivity contribution in [3.63, 3.8) is 0 Å². The number of hydrogen-bond acceptors (Lipinski definition) is 4. The van der Waals surface area contributed by atoms with Gasteiger partial charge in [0.25, 0.3) is 0 Å². The molecule has 0 amide bonds. The van der Waals surface area contributed by atoms with Crippen LogP contribution in [0.3, 0.4) is 0 Å². The third kappa shape index (κ3) is 3.82. The molecule has 0 aliphatic heterocycles. The predicted octanol–water partition coefficient (Wildman–Crippen LogP) is 3.09. The summed E-state index contributed by atoms with van der Waals surface area (Å²) in [5, 5.41) is 3.28. The van der Waals surface area contributed by atoms with Gasteiger partial charge in [-0.15, -0.1) is 11.3 Å². The zero-order valence-corrected chi connectivity index (χ0v) is 15.2. The average Bonchev–Trinajstić information content (AvgIpc) is 2.74. The van der Waals surface area contributed by atoms with Crippen LogP contribution in [0.1, 0.15) is 38.5 Å². The Morgan fingerprint density at radius 3 is 2.70 bits per heavy atom. The van der Waals surface area contributed by atoms with Crippen LogP contribution < -0.4 is 10.0 Å². The first kappa shape index (κ1) is 16.4. The van der Waals surface area contributed by atoms with Gasteiger partial charge in [-0.25, -0.2) is 13.1 Å². The van der Waals surface area contributed by atoms with Crippen LogP contribution in [0.15, 0.2) is 14.7 Å². The molecule has 2 rings (SSSR count). The Kier molecular flexibility index (Phi) is 4.96. The quantitative estimate of drug-likeness (QED) is 0.714. The van der Waals surface area contributed by atoms with Crippen LogP contribution in [0.2, 0.25) is 0 Å². The summed E-state index contributed by atoms with van der Waals surface area (Å²) < 4.78 is 28.2. The van der Waals surface area contributed by atoms with Gasteiger partial charge in [-0.2, -0.15) is 0 Å². The van der Waals surface area contributed by atoms with E-state index in [1.165, 1.54) is 11.3 Å². The third-order valence-electron chi connectivity index (χ3n) is 3.53. The normalized spacial score (nSPS) is 21.1. The summed E-state index contributed by atoms with van der Waals surface area (Å²) in [6.45, 7) is 7.90. The monoisotopic (exact) mass is 380 g/mol. The molecule has 2 N–H and O–H groups in total. The summed E-state index contributed by atoms with van der Waals surface area (Å²) in [6.07, 6.45) is 1.97. The number of nitrogens with one attached hydrogen (secondary N) is 2. The first-order chi connectivity index (χ1) is 9.26. The first-order valence-electron chi connectivity index (χ1n) is 6.77. The molecule has 1 atom stereocenters. The summed E-state index contributed by atoms with van der Waals surface area (Å²) in [4.78, 5) is 1.39. The Bertz CT molecular complexity index is 581. The van der Waals surface area contributed by atoms with Crippen molar-refractivity contribution in [2.75, 3.05) is 6.54 Å². The second-order valence-corrected chi connectivity index (χ2v) is 10.0. The minimum atomic E-state index is -3.42. The van der Waals surface area contributed by atoms with Gasteiger partial charge < -0.3 is 5.32 Å². The molecular formula is C13H21BrN2O2S2. The standard InChI is InChI=1S/C13H21BrN2O2S2/c1-4-5-15-8-9-6-10(12(14)19-9)20(17,18)16-11-7-13(11,2)3/h6,11,15-16H,4-5,7-8H2,1-3H3. The maximum Gasteiger partial charge on any atom is 0.242 e. The molecule has 0 saturated heterocycles. The van der Waals surface area contributed by atoms with Gasteiger partial charge in [0.1, 0.15) is 4.90 Å². The Labute approximate surface area is 133 Å². The number of rotatable bonds is 7. The van der Waals surface area contributed by atoms with Gasteiger partial charge in [0, 0.05) is 17.5 Å². The topological polar surface area (TPSA) is 58.2 Å². The second-order valence-electron chi connectivity index (χ2n) is 5.89. The maximum absolute atomic E-state index is 12.4. The highest BCUT2D eigenvalue weighted by atomic mass is 79.9. The highest BCUT2D eigenvalue weighted by molar-refractivity contribution is 9.11. The molecule has 0 radical (unpaired) electrons. The van der Waals surface area contributed by atoms with Gasteiger partial charge in [-0.3, -0.25) is 0 Å². The van der Waals surface area contributed by atoms with E-state index in [0.29, 0.717) is 15.2 Å². The Balaban J connectivity index is 2.07. The van der Waals surface area contributed by atoms with E-state index in [4.69, 9.17) is 0 Å². The van der Waals surface area contributed by atoms with Crippen LogP contribution >= 0.6 is 27.3 Å². The minimum absolute atomic E-state index is 0.0565. The number of sulfonamides is 1. The summed E-state index contributed by atoms with van der Waals surface area (Å²) >= 11 is 4.85. The molecule has 0 bridgehead atoms. The molecular weight excluding hydrogens is 360 g/mol. The van der Waals surface area contributed by atoms with Crippen LogP contribution in [-0.4, -0.2) is 21.0 Å². The summed E-state index contributed by atoms with van der Waals surface area (Å²) in [5.41, 5.74) is 0.0844. The number of thiophene rings is 1. The van der Waals surface area contributed by atoms with Crippen molar-refractivity contribution in [3.8, 4) is 0 Å². The smallest absolute Gasteiger partial charge is 0.242 e. The molecule has 1 fully saturated rings. The van der Waals surface area contributed by atoms with Crippen molar-refractivity contribution < 1.29 is 8.42 Å². The van der Waals surface area contributed by atoms with Gasteiger partial charge in [0.05, 0.1) is 3.79 Å². The SMILES string of the molecule is CCCNCc1cc(S(=O)(=O)NC2CC2(C)C)c(Br)s1. The van der Waals surface area contributed by atoms with E-state index in [9.17, 15) is 8.42 Å². The molecule has 1 aromatic rings. The molecule has 20 heavy (non-hydrogen) atoms. The van der Waals surface area contributed by atoms with Crippen molar-refractivity contribution in [2.24, 2.45) is 5.41 Å². The van der Waals surface area contributed by atoms with Crippen molar-refractivity contribution in [3.05, 3.63) is 14.7 Å². The summed E-state index contributed by atoms with van der Waals surface area (Å²) in [6, 6.07) is 1.82. The fraction of sp³-hybridized carbons (Fsp3) is 0.692. The second kappa shape index (κ2) is 6.04. The molecule has 1 unspecified atom stereocenters. The lowest BCUT2D eigenvalue weighted by molar-refractivity contribution is 0.555. The average molecular weight is 381 g/mol. The highest BCUT2D eigenvalue weighted by Gasteiger charge is 2.48. The Morgan fingerprint density at radius 1 is 1.50 bits per heavy atom. The van der Waals surface area contributed by atoms with E-state index in [2.05, 4.69) is 46.7 Å². The van der Waals surface area contributed by atoms with Crippen LogP contribution in [0, 0.1) is 5.41 Å². The van der Waals surface area contributed by atoms with Crippen molar-refractivity contribution in [1.82, 2.24) is 10.0 Å². The van der Waals surface area contributed by atoms with Gasteiger partial charge in [-0.05, 0) is 46.8 Å². The minimum Gasteiger partial charge on any atom is -0.312 e. The molecule has 1 aliphatic carbocycles. The first-order valence-corrected chi connectivity index (χ1v) is 9.87. The molecule has 0 aromatic carbocycles. The molecule has 1 aliphatic rings. The van der Waals surface area contributed by atoms with Gasteiger partial charge in [-0.1, -0.05) is 20.8 Å². The van der Waals surface area contributed by atoms with E-state index >= 15 is 0 Å². The van der Waals surface area contributed by atoms with E-state index in [1.54, 1.807) is 6.07 Å². The van der Waals surface area contributed by atoms with Gasteiger partial charge in [0.2, 0.25) is 10.0 Å². The Morgan fingerprint density at radius 2 is 2.15 bits per heavy atom. The molecule has 7 heteroatoms. The van der Waals surface area contributed by atoms with Crippen LogP contribution in [0.4, 0.5) is 0 Å². The van der Waals surface area contributed by atoms with Gasteiger partial charge >= 0.3 is 0 Å². The molecule has 114 valence electrons. The van der Waals surface area contributed by atoms with Crippen molar-refractivity contribution in [1.29, 1.82) is 0 Å². The fourth-order valence-corrected chi connectivity index (χ4v) is 6.04. The van der Waals surface area contributed by atoms with E-state index in [1.807, 2.05) is 0 Å². The zero-order chi connectivity index (χ0) is 15.0. The van der Waals surface area contributed by atoms with Crippen LogP contribution in [0.25, 0.3) is 0 Å². The maximum atomic E-state index is 12.4. The third-order valence-corrected chi connectivity index (χ3v) is 7.26. The zero-order valence-electron chi connectivity index (χ0n) is 12.0. The molecule has 1 heterocycles. The number of hydrogen-bond donors (Lipinski definition) is 2. The van der Waals surface area contributed by atoms with E-state index in [-0.39, 0.29) is 11.5 Å². The van der Waals surface area contributed by atoms with Gasteiger partial charge in [0.15, 0.2) is 0 Å². The van der Waals surface area contributed by atoms with E-state index < -0.39 is 10.0 Å². The van der Waals surface area contributed by atoms with Crippen LogP contribution in [0.5, 0.6) is 0 Å². The number of halogens is 1. The van der Waals surface area contributed by atoms with Crippen LogP contribution in [-0.2, 0) is 16.6 Å². The summed E-state index contributed by atoms with van der Waals surface area (Å²) in [5.74, 6) is 0. The molecule has 1 saturated carbocycles. The fourth-order valence-electron chi connectivity index (χ4n) is 1.98.